The van der Waals surface area contributed by atoms with Crippen LogP contribution in [0.5, 0.6) is 5.88 Å². The Labute approximate surface area is 138 Å². The van der Waals surface area contributed by atoms with Gasteiger partial charge in [-0.3, -0.25) is 0 Å². The van der Waals surface area contributed by atoms with Crippen molar-refractivity contribution in [1.82, 2.24) is 4.98 Å². The van der Waals surface area contributed by atoms with E-state index in [4.69, 9.17) is 4.74 Å². The van der Waals surface area contributed by atoms with Crippen molar-refractivity contribution in [2.75, 3.05) is 0 Å². The molecule has 4 unspecified atom stereocenters. The summed E-state index contributed by atoms with van der Waals surface area (Å²) in [5.74, 6) is -1.51. The van der Waals surface area contributed by atoms with Gasteiger partial charge in [0.1, 0.15) is 6.10 Å². The first-order chi connectivity index (χ1) is 11.1. The van der Waals surface area contributed by atoms with Gasteiger partial charge in [-0.05, 0) is 30.2 Å². The van der Waals surface area contributed by atoms with Crippen molar-refractivity contribution in [2.45, 2.75) is 57.6 Å². The number of nitrogens with zero attached hydrogens (tertiary/aromatic N) is 1. The highest BCUT2D eigenvalue weighted by atomic mass is 19.4. The first kappa shape index (κ1) is 17.5. The largest absolute Gasteiger partial charge is 0.474 e. The van der Waals surface area contributed by atoms with Crippen molar-refractivity contribution < 1.29 is 28.1 Å². The summed E-state index contributed by atoms with van der Waals surface area (Å²) in [6.45, 7) is 3.89. The number of ether oxygens (including phenoxy) is 1. The molecule has 2 saturated carbocycles. The van der Waals surface area contributed by atoms with E-state index in [0.717, 1.165) is 18.7 Å². The highest BCUT2D eigenvalue weighted by Gasteiger charge is 2.72. The van der Waals surface area contributed by atoms with Crippen molar-refractivity contribution in [1.29, 1.82) is 0 Å². The van der Waals surface area contributed by atoms with Crippen LogP contribution in [0.3, 0.4) is 0 Å². The first-order valence-electron chi connectivity index (χ1n) is 8.25. The molecular formula is C17H22F3NO3. The van der Waals surface area contributed by atoms with Crippen LogP contribution in [0.1, 0.15) is 45.1 Å². The van der Waals surface area contributed by atoms with E-state index < -0.39 is 17.5 Å². The van der Waals surface area contributed by atoms with Crippen LogP contribution in [0.4, 0.5) is 13.2 Å². The van der Waals surface area contributed by atoms with Gasteiger partial charge in [0.25, 0.3) is 0 Å². The molecule has 0 saturated heterocycles. The quantitative estimate of drug-likeness (QED) is 0.803. The van der Waals surface area contributed by atoms with Crippen LogP contribution in [0.2, 0.25) is 0 Å². The van der Waals surface area contributed by atoms with Gasteiger partial charge in [-0.1, -0.05) is 20.3 Å². The second-order valence-electron chi connectivity index (χ2n) is 7.15. The molecule has 1 aromatic heterocycles. The molecule has 0 aliphatic heterocycles. The Morgan fingerprint density at radius 3 is 2.50 bits per heavy atom. The topological polar surface area (TPSA) is 62.6 Å². The van der Waals surface area contributed by atoms with Crippen LogP contribution in [-0.2, 0) is 6.18 Å². The van der Waals surface area contributed by atoms with Crippen molar-refractivity contribution >= 4 is 0 Å². The normalized spacial score (nSPS) is 32.5. The third-order valence-electron chi connectivity index (χ3n) is 5.68. The Kier molecular flexibility index (Phi) is 4.07. The predicted molar refractivity (Wildman–Crippen MR) is 80.1 cm³/mol. The molecule has 1 spiro atoms. The number of alkyl halides is 3. The van der Waals surface area contributed by atoms with Gasteiger partial charge >= 0.3 is 6.18 Å². The van der Waals surface area contributed by atoms with E-state index in [1.165, 1.54) is 6.07 Å². The van der Waals surface area contributed by atoms with E-state index in [9.17, 15) is 23.4 Å². The molecule has 2 aliphatic rings. The maximum absolute atomic E-state index is 12.5. The lowest BCUT2D eigenvalue weighted by Crippen LogP contribution is -2.49. The Balaban J connectivity index is 1.59. The van der Waals surface area contributed by atoms with Gasteiger partial charge in [-0.2, -0.15) is 13.2 Å². The average molecular weight is 345 g/mol. The molecule has 0 amide bonds. The zero-order valence-electron chi connectivity index (χ0n) is 13.7. The molecule has 1 heterocycles. The molecule has 3 rings (SSSR count). The Bertz CT molecular complexity index is 602. The fourth-order valence-electron chi connectivity index (χ4n) is 4.08. The lowest BCUT2D eigenvalue weighted by atomic mass is 9.66. The third-order valence-corrected chi connectivity index (χ3v) is 5.68. The highest BCUT2D eigenvalue weighted by molar-refractivity contribution is 5.23. The zero-order valence-corrected chi connectivity index (χ0v) is 13.7. The molecule has 4 nitrogen and oxygen atoms in total. The van der Waals surface area contributed by atoms with Gasteiger partial charge in [0, 0.05) is 24.6 Å². The van der Waals surface area contributed by atoms with E-state index in [0.29, 0.717) is 19.3 Å². The molecule has 0 radical (unpaired) electrons. The van der Waals surface area contributed by atoms with Crippen LogP contribution in [0.25, 0.3) is 0 Å². The van der Waals surface area contributed by atoms with E-state index in [2.05, 4.69) is 4.98 Å². The van der Waals surface area contributed by atoms with Crippen molar-refractivity contribution in [2.24, 2.45) is 17.3 Å². The summed E-state index contributed by atoms with van der Waals surface area (Å²) in [5, 5.41) is 20.3. The standard InChI is InChI=1S/C17H22F3NO3/c1-3-6-16(22,23)13-8-15(13)7-12(10(15)2)24-14-5-4-11(9-21-14)17(18,19)20/h4-5,9-10,12-13,22-23H,3,6-8H2,1-2H3. The van der Waals surface area contributed by atoms with Crippen molar-refractivity contribution in [3.05, 3.63) is 23.9 Å². The third kappa shape index (κ3) is 2.88. The van der Waals surface area contributed by atoms with E-state index in [-0.39, 0.29) is 29.2 Å². The van der Waals surface area contributed by atoms with Gasteiger partial charge in [-0.15, -0.1) is 0 Å². The van der Waals surface area contributed by atoms with Crippen molar-refractivity contribution in [3.63, 3.8) is 0 Å². The lowest BCUT2D eigenvalue weighted by Gasteiger charge is -2.45. The number of hydrogen-bond acceptors (Lipinski definition) is 4. The minimum absolute atomic E-state index is 0.113. The SMILES string of the molecule is CCCC(O)(O)C1CC12CC(Oc1ccc(C(F)(F)F)cn1)C2C. The molecule has 1 aromatic rings. The van der Waals surface area contributed by atoms with Crippen LogP contribution >= 0.6 is 0 Å². The molecular weight excluding hydrogens is 323 g/mol. The van der Waals surface area contributed by atoms with E-state index >= 15 is 0 Å². The molecule has 2 fully saturated rings. The number of halogens is 3. The maximum Gasteiger partial charge on any atom is 0.417 e. The molecule has 2 aliphatic carbocycles. The van der Waals surface area contributed by atoms with Gasteiger partial charge in [0.15, 0.2) is 5.79 Å². The fraction of sp³-hybridized carbons (Fsp3) is 0.706. The summed E-state index contributed by atoms with van der Waals surface area (Å²) in [4.78, 5) is 3.73. The summed E-state index contributed by atoms with van der Waals surface area (Å²) >= 11 is 0. The number of rotatable bonds is 5. The van der Waals surface area contributed by atoms with Crippen LogP contribution < -0.4 is 4.74 Å². The minimum atomic E-state index is -4.41. The molecule has 4 atom stereocenters. The molecule has 24 heavy (non-hydrogen) atoms. The zero-order chi connectivity index (χ0) is 17.8. The monoisotopic (exact) mass is 345 g/mol. The van der Waals surface area contributed by atoms with E-state index in [1.807, 2.05) is 13.8 Å². The Hall–Kier alpha value is -1.34. The van der Waals surface area contributed by atoms with Crippen LogP contribution in [-0.4, -0.2) is 27.1 Å². The smallest absolute Gasteiger partial charge is 0.417 e. The maximum atomic E-state index is 12.5. The first-order valence-corrected chi connectivity index (χ1v) is 8.25. The van der Waals surface area contributed by atoms with E-state index in [1.54, 1.807) is 0 Å². The second kappa shape index (κ2) is 5.59. The molecule has 2 N–H and O–H groups in total. The van der Waals surface area contributed by atoms with Crippen LogP contribution in [0, 0.1) is 17.3 Å². The van der Waals surface area contributed by atoms with Crippen molar-refractivity contribution in [3.8, 4) is 5.88 Å². The molecule has 7 heteroatoms. The number of pyridine rings is 1. The van der Waals surface area contributed by atoms with Crippen LogP contribution in [0.15, 0.2) is 18.3 Å². The van der Waals surface area contributed by atoms with Gasteiger partial charge < -0.3 is 14.9 Å². The lowest BCUT2D eigenvalue weighted by molar-refractivity contribution is -0.201. The summed E-state index contributed by atoms with van der Waals surface area (Å²) in [5.41, 5.74) is -0.921. The number of aliphatic hydroxyl groups is 2. The predicted octanol–water partition coefficient (Wildman–Crippen LogP) is 3.37. The van der Waals surface area contributed by atoms with Gasteiger partial charge in [0.05, 0.1) is 5.56 Å². The Morgan fingerprint density at radius 1 is 1.29 bits per heavy atom. The summed E-state index contributed by atoms with van der Waals surface area (Å²) < 4.78 is 43.2. The minimum Gasteiger partial charge on any atom is -0.474 e. The summed E-state index contributed by atoms with van der Waals surface area (Å²) in [6, 6.07) is 2.18. The molecule has 134 valence electrons. The Morgan fingerprint density at radius 2 is 2.00 bits per heavy atom. The molecule has 0 bridgehead atoms. The summed E-state index contributed by atoms with van der Waals surface area (Å²) in [6.07, 6.45) is -1.33. The number of aromatic nitrogens is 1. The summed E-state index contributed by atoms with van der Waals surface area (Å²) in [7, 11) is 0. The average Bonchev–Trinajstić information content (AvgIpc) is 3.25. The second-order valence-corrected chi connectivity index (χ2v) is 7.15. The van der Waals surface area contributed by atoms with Gasteiger partial charge in [0.2, 0.25) is 5.88 Å². The fourth-order valence-corrected chi connectivity index (χ4v) is 4.08. The molecule has 0 aromatic carbocycles. The number of hydrogen-bond donors (Lipinski definition) is 2. The highest BCUT2D eigenvalue weighted by Crippen LogP contribution is 2.72. The van der Waals surface area contributed by atoms with Gasteiger partial charge in [-0.25, -0.2) is 4.98 Å².